The lowest BCUT2D eigenvalue weighted by Crippen LogP contribution is -2.45. The largest absolute Gasteiger partial charge is 0.381 e. The van der Waals surface area contributed by atoms with E-state index in [0.29, 0.717) is 28.1 Å². The highest BCUT2D eigenvalue weighted by molar-refractivity contribution is 5.82. The van der Waals surface area contributed by atoms with Crippen molar-refractivity contribution in [2.75, 3.05) is 19.8 Å². The Bertz CT molecular complexity index is 462. The van der Waals surface area contributed by atoms with Crippen LogP contribution in [-0.2, 0) is 9.53 Å². The number of hydrogen-bond acceptors (Lipinski definition) is 3. The molecule has 4 fully saturated rings. The maximum Gasteiger partial charge on any atom is 0.146 e. The molecule has 2 unspecified atom stereocenters. The monoisotopic (exact) mass is 291 g/mol. The van der Waals surface area contributed by atoms with Gasteiger partial charge in [-0.2, -0.15) is 0 Å². The molecule has 4 rings (SSSR count). The summed E-state index contributed by atoms with van der Waals surface area (Å²) in [6.07, 6.45) is 7.51. The van der Waals surface area contributed by atoms with E-state index in [4.69, 9.17) is 4.74 Å². The molecule has 118 valence electrons. The maximum absolute atomic E-state index is 12.3. The van der Waals surface area contributed by atoms with Crippen molar-refractivity contribution in [3.63, 3.8) is 0 Å². The van der Waals surface area contributed by atoms with E-state index >= 15 is 0 Å². The van der Waals surface area contributed by atoms with Crippen molar-refractivity contribution in [3.8, 4) is 0 Å². The Labute approximate surface area is 128 Å². The minimum Gasteiger partial charge on any atom is -0.381 e. The van der Waals surface area contributed by atoms with Crippen molar-refractivity contribution in [2.24, 2.45) is 16.2 Å². The van der Waals surface area contributed by atoms with Crippen LogP contribution in [0.1, 0.15) is 59.3 Å². The van der Waals surface area contributed by atoms with E-state index in [1.54, 1.807) is 6.92 Å². The van der Waals surface area contributed by atoms with Gasteiger partial charge in [0.25, 0.3) is 0 Å². The number of carbonyl (C=O) groups excluding carboxylic acids is 1. The van der Waals surface area contributed by atoms with E-state index in [1.165, 1.54) is 19.3 Å². The summed E-state index contributed by atoms with van der Waals surface area (Å²) in [6, 6.07) is 0.743. The topological polar surface area (TPSA) is 29.5 Å². The van der Waals surface area contributed by atoms with E-state index in [2.05, 4.69) is 18.7 Å². The standard InChI is InChI=1S/C18H29NO2/c1-13(20)15-11-18(16(2,3)17(18)7-4-8-17)12-19(15)14-5-9-21-10-6-14/h14-15H,4-12H2,1-3H3. The van der Waals surface area contributed by atoms with Crippen LogP contribution in [0.4, 0.5) is 0 Å². The molecule has 4 aliphatic rings. The Morgan fingerprint density at radius 1 is 1.14 bits per heavy atom. The van der Waals surface area contributed by atoms with Gasteiger partial charge in [0, 0.05) is 25.8 Å². The SMILES string of the molecule is CC(=O)C1CC2(CN1C1CCOCC1)C(C)(C)C21CCC1. The number of ketones is 1. The average Bonchev–Trinajstić information content (AvgIpc) is 2.71. The summed E-state index contributed by atoms with van der Waals surface area (Å²) >= 11 is 0. The van der Waals surface area contributed by atoms with E-state index < -0.39 is 0 Å². The summed E-state index contributed by atoms with van der Waals surface area (Å²) in [5, 5.41) is 0. The summed E-state index contributed by atoms with van der Waals surface area (Å²) in [5.41, 5.74) is 1.42. The summed E-state index contributed by atoms with van der Waals surface area (Å²) in [7, 11) is 0. The Balaban J connectivity index is 1.62. The zero-order valence-electron chi connectivity index (χ0n) is 13.8. The first-order valence-electron chi connectivity index (χ1n) is 8.79. The van der Waals surface area contributed by atoms with Gasteiger partial charge in [0.05, 0.1) is 6.04 Å². The van der Waals surface area contributed by atoms with Crippen LogP contribution < -0.4 is 0 Å². The van der Waals surface area contributed by atoms with Crippen LogP contribution in [0.25, 0.3) is 0 Å². The zero-order valence-corrected chi connectivity index (χ0v) is 13.8. The Morgan fingerprint density at radius 3 is 2.29 bits per heavy atom. The zero-order chi connectivity index (χ0) is 14.9. The molecular formula is C18H29NO2. The van der Waals surface area contributed by atoms with Crippen LogP contribution in [0, 0.1) is 16.2 Å². The molecule has 0 aromatic heterocycles. The lowest BCUT2D eigenvalue weighted by atomic mass is 9.73. The van der Waals surface area contributed by atoms with Gasteiger partial charge in [-0.25, -0.2) is 0 Å². The molecule has 0 N–H and O–H groups in total. The third-order valence-electron chi connectivity index (χ3n) is 7.98. The van der Waals surface area contributed by atoms with Gasteiger partial charge in [0.2, 0.25) is 0 Å². The van der Waals surface area contributed by atoms with Crippen molar-refractivity contribution >= 4 is 5.78 Å². The highest BCUT2D eigenvalue weighted by Gasteiger charge is 2.84. The van der Waals surface area contributed by atoms with Crippen molar-refractivity contribution in [1.82, 2.24) is 4.90 Å². The third-order valence-corrected chi connectivity index (χ3v) is 7.98. The van der Waals surface area contributed by atoms with Crippen LogP contribution in [-0.4, -0.2) is 42.5 Å². The van der Waals surface area contributed by atoms with Crippen molar-refractivity contribution in [3.05, 3.63) is 0 Å². The Morgan fingerprint density at radius 2 is 1.81 bits per heavy atom. The molecule has 2 aliphatic heterocycles. The van der Waals surface area contributed by atoms with E-state index in [1.807, 2.05) is 0 Å². The van der Waals surface area contributed by atoms with E-state index in [9.17, 15) is 4.79 Å². The fourth-order valence-corrected chi connectivity index (χ4v) is 6.40. The number of rotatable bonds is 2. The maximum atomic E-state index is 12.3. The summed E-state index contributed by atoms with van der Waals surface area (Å²) in [4.78, 5) is 14.9. The van der Waals surface area contributed by atoms with Crippen molar-refractivity contribution < 1.29 is 9.53 Å². The molecule has 2 aliphatic carbocycles. The van der Waals surface area contributed by atoms with Crippen LogP contribution in [0.15, 0.2) is 0 Å². The molecule has 2 saturated heterocycles. The van der Waals surface area contributed by atoms with Gasteiger partial charge in [0.15, 0.2) is 0 Å². The second kappa shape index (κ2) is 4.32. The fourth-order valence-electron chi connectivity index (χ4n) is 6.40. The molecule has 3 nitrogen and oxygen atoms in total. The van der Waals surface area contributed by atoms with E-state index in [0.717, 1.165) is 39.0 Å². The second-order valence-electron chi connectivity index (χ2n) is 8.49. The molecule has 2 saturated carbocycles. The highest BCUT2D eigenvalue weighted by atomic mass is 16.5. The van der Waals surface area contributed by atoms with Crippen LogP contribution in [0.3, 0.4) is 0 Å². The molecular weight excluding hydrogens is 262 g/mol. The molecule has 21 heavy (non-hydrogen) atoms. The van der Waals surface area contributed by atoms with E-state index in [-0.39, 0.29) is 6.04 Å². The molecule has 0 aromatic rings. The number of likely N-dealkylation sites (tertiary alicyclic amines) is 1. The average molecular weight is 291 g/mol. The highest BCUT2D eigenvalue weighted by Crippen LogP contribution is 2.88. The minimum absolute atomic E-state index is 0.173. The van der Waals surface area contributed by atoms with Crippen molar-refractivity contribution in [1.29, 1.82) is 0 Å². The molecule has 2 atom stereocenters. The molecule has 0 amide bonds. The minimum atomic E-state index is 0.173. The molecule has 2 spiro atoms. The van der Waals surface area contributed by atoms with Gasteiger partial charge >= 0.3 is 0 Å². The Kier molecular flexibility index (Phi) is 2.92. The van der Waals surface area contributed by atoms with Gasteiger partial charge in [-0.15, -0.1) is 0 Å². The lowest BCUT2D eigenvalue weighted by Gasteiger charge is -2.35. The lowest BCUT2D eigenvalue weighted by molar-refractivity contribution is -0.122. The quantitative estimate of drug-likeness (QED) is 0.783. The predicted molar refractivity (Wildman–Crippen MR) is 82.1 cm³/mol. The first kappa shape index (κ1) is 14.2. The number of Topliss-reactive ketones (excluding diaryl/α,β-unsaturated/α-hetero) is 1. The number of nitrogens with zero attached hydrogens (tertiary/aromatic N) is 1. The van der Waals surface area contributed by atoms with Crippen LogP contribution >= 0.6 is 0 Å². The molecule has 0 aromatic carbocycles. The Hall–Kier alpha value is -0.410. The number of fused-ring (bicyclic) bond motifs is 1. The summed E-state index contributed by atoms with van der Waals surface area (Å²) < 4.78 is 5.53. The third kappa shape index (κ3) is 1.55. The van der Waals surface area contributed by atoms with Gasteiger partial charge in [0.1, 0.15) is 5.78 Å². The summed E-state index contributed by atoms with van der Waals surface area (Å²) in [5.74, 6) is 0.385. The van der Waals surface area contributed by atoms with Crippen LogP contribution in [0.5, 0.6) is 0 Å². The van der Waals surface area contributed by atoms with Crippen molar-refractivity contribution in [2.45, 2.75) is 71.4 Å². The van der Waals surface area contributed by atoms with Gasteiger partial charge in [-0.05, 0) is 55.3 Å². The first-order valence-corrected chi connectivity index (χ1v) is 8.79. The molecule has 0 bridgehead atoms. The smallest absolute Gasteiger partial charge is 0.146 e. The molecule has 0 radical (unpaired) electrons. The normalized spacial score (nSPS) is 41.4. The summed E-state index contributed by atoms with van der Waals surface area (Å²) in [6.45, 7) is 9.64. The van der Waals surface area contributed by atoms with Gasteiger partial charge in [-0.3, -0.25) is 9.69 Å². The van der Waals surface area contributed by atoms with Gasteiger partial charge < -0.3 is 4.74 Å². The molecule has 3 heteroatoms. The predicted octanol–water partition coefficient (Wildman–Crippen LogP) is 3.03. The molecule has 2 heterocycles. The number of carbonyl (C=O) groups is 1. The second-order valence-corrected chi connectivity index (χ2v) is 8.49. The number of hydrogen-bond donors (Lipinski definition) is 0. The van der Waals surface area contributed by atoms with Crippen LogP contribution in [0.2, 0.25) is 0 Å². The first-order chi connectivity index (χ1) is 9.95. The van der Waals surface area contributed by atoms with Gasteiger partial charge in [-0.1, -0.05) is 20.3 Å². The fraction of sp³-hybridized carbons (Fsp3) is 0.944. The number of ether oxygens (including phenoxy) is 1.